The SMILES string of the molecule is CC(=O)NC1CCCC1C(=O)N[C@H](CC(=O)NC1CCCC1C(=O)N[C@H](CC(=O)NC1CNCC1C(=O)NC1CNCC1C(=O)N[C@H](C)Cc1ccccc1)CC(C)C)CC(C)C. The molecular weight excluding hydrogens is 803 g/mol. The number of nitrogens with one attached hydrogen (secondary N) is 9. The van der Waals surface area contributed by atoms with E-state index in [-0.39, 0.29) is 102 Å². The minimum absolute atomic E-state index is 0.0365. The van der Waals surface area contributed by atoms with Crippen molar-refractivity contribution >= 4 is 41.4 Å². The van der Waals surface area contributed by atoms with Crippen LogP contribution in [0.3, 0.4) is 0 Å². The van der Waals surface area contributed by atoms with Gasteiger partial charge in [-0.15, -0.1) is 0 Å². The molecule has 2 aliphatic carbocycles. The van der Waals surface area contributed by atoms with E-state index in [2.05, 4.69) is 47.9 Å². The number of benzene rings is 1. The average Bonchev–Trinajstić information content (AvgIpc) is 4.03. The highest BCUT2D eigenvalue weighted by atomic mass is 16.2. The summed E-state index contributed by atoms with van der Waals surface area (Å²) >= 11 is 0. The van der Waals surface area contributed by atoms with Gasteiger partial charge in [-0.05, 0) is 69.3 Å². The first kappa shape index (κ1) is 49.4. The molecule has 2 saturated heterocycles. The molecule has 5 rings (SSSR count). The van der Waals surface area contributed by atoms with E-state index in [0.717, 1.165) is 24.8 Å². The molecule has 0 bridgehead atoms. The lowest BCUT2D eigenvalue weighted by Gasteiger charge is -2.28. The van der Waals surface area contributed by atoms with Gasteiger partial charge in [0.25, 0.3) is 0 Å². The van der Waals surface area contributed by atoms with Gasteiger partial charge in [-0.2, -0.15) is 0 Å². The molecule has 7 amide bonds. The predicted molar refractivity (Wildman–Crippen MR) is 241 cm³/mol. The largest absolute Gasteiger partial charge is 0.353 e. The molecule has 2 saturated carbocycles. The fraction of sp³-hybridized carbons (Fsp3) is 0.723. The van der Waals surface area contributed by atoms with Crippen molar-refractivity contribution in [1.29, 1.82) is 0 Å². The molecule has 16 nitrogen and oxygen atoms in total. The highest BCUT2D eigenvalue weighted by molar-refractivity contribution is 5.86. The van der Waals surface area contributed by atoms with Gasteiger partial charge in [0.1, 0.15) is 0 Å². The zero-order valence-electron chi connectivity index (χ0n) is 38.4. The van der Waals surface area contributed by atoms with E-state index in [0.29, 0.717) is 64.7 Å². The van der Waals surface area contributed by atoms with Gasteiger partial charge in [0.2, 0.25) is 41.4 Å². The highest BCUT2D eigenvalue weighted by Crippen LogP contribution is 2.28. The number of carbonyl (C=O) groups excluding carboxylic acids is 7. The van der Waals surface area contributed by atoms with E-state index in [1.165, 1.54) is 6.92 Å². The van der Waals surface area contributed by atoms with Gasteiger partial charge in [-0.1, -0.05) is 70.9 Å². The topological polar surface area (TPSA) is 228 Å². The number of carbonyl (C=O) groups is 7. The second-order valence-corrected chi connectivity index (χ2v) is 19.6. The second kappa shape index (κ2) is 23.9. The Morgan fingerprint density at radius 3 is 1.51 bits per heavy atom. The zero-order chi connectivity index (χ0) is 45.6. The third kappa shape index (κ3) is 15.3. The summed E-state index contributed by atoms with van der Waals surface area (Å²) in [6.07, 6.45) is 6.30. The Balaban J connectivity index is 1.10. The molecule has 2 heterocycles. The van der Waals surface area contributed by atoms with E-state index >= 15 is 0 Å². The molecule has 8 unspecified atom stereocenters. The highest BCUT2D eigenvalue weighted by Gasteiger charge is 2.41. The Bertz CT molecular complexity index is 1730. The van der Waals surface area contributed by atoms with Crippen LogP contribution in [0, 0.1) is 35.5 Å². The van der Waals surface area contributed by atoms with Gasteiger partial charge >= 0.3 is 0 Å². The molecule has 0 radical (unpaired) electrons. The van der Waals surface area contributed by atoms with Crippen molar-refractivity contribution in [3.63, 3.8) is 0 Å². The Labute approximate surface area is 373 Å². The summed E-state index contributed by atoms with van der Waals surface area (Å²) in [6.45, 7) is 13.3. The molecular formula is C47H75N9O7. The van der Waals surface area contributed by atoms with Crippen LogP contribution in [-0.2, 0) is 40.0 Å². The molecule has 2 aliphatic heterocycles. The summed E-state index contributed by atoms with van der Waals surface area (Å²) in [4.78, 5) is 93.0. The maximum absolute atomic E-state index is 13.9. The standard InChI is InChI=1S/C47H75N9O7/c1-27(2)18-32(52-44(60)34-14-10-16-38(34)51-30(6)57)21-42(58)54-39-17-11-15-35(39)45(61)53-33(19-28(3)4)22-43(59)55-40-25-48-23-36(40)47(63)56-41-26-49-24-37(41)46(62)50-29(5)20-31-12-8-7-9-13-31/h7-9,12-13,27-29,32-41,48-49H,10-11,14-26H2,1-6H3,(H,50,62)(H,51,57)(H,52,60)(H,53,61)(H,54,58)(H,55,59)(H,56,63)/t29-,32+,33+,34?,35?,36?,37?,38?,39?,40?,41?/m1/s1. The number of hydrogen-bond donors (Lipinski definition) is 9. The molecule has 9 N–H and O–H groups in total. The summed E-state index contributed by atoms with van der Waals surface area (Å²) in [5, 5.41) is 28.0. The van der Waals surface area contributed by atoms with Crippen LogP contribution in [0.2, 0.25) is 0 Å². The Morgan fingerprint density at radius 1 is 0.540 bits per heavy atom. The van der Waals surface area contributed by atoms with Gasteiger partial charge < -0.3 is 47.9 Å². The number of rotatable bonds is 21. The van der Waals surface area contributed by atoms with Crippen molar-refractivity contribution in [3.8, 4) is 0 Å². The van der Waals surface area contributed by atoms with Crippen LogP contribution in [0.15, 0.2) is 30.3 Å². The van der Waals surface area contributed by atoms with Gasteiger partial charge in [-0.3, -0.25) is 33.6 Å². The predicted octanol–water partition coefficient (Wildman–Crippen LogP) is 1.57. The van der Waals surface area contributed by atoms with E-state index < -0.39 is 29.8 Å². The van der Waals surface area contributed by atoms with Crippen LogP contribution >= 0.6 is 0 Å². The molecule has 1 aromatic carbocycles. The summed E-state index contributed by atoms with van der Waals surface area (Å²) in [7, 11) is 0. The molecule has 4 fully saturated rings. The third-order valence-electron chi connectivity index (χ3n) is 13.1. The third-order valence-corrected chi connectivity index (χ3v) is 13.1. The lowest BCUT2D eigenvalue weighted by Crippen LogP contribution is -2.53. The molecule has 16 heteroatoms. The Morgan fingerprint density at radius 2 is 1.00 bits per heavy atom. The van der Waals surface area contributed by atoms with Crippen LogP contribution in [0.1, 0.15) is 111 Å². The van der Waals surface area contributed by atoms with Crippen molar-refractivity contribution in [2.75, 3.05) is 26.2 Å². The Kier molecular flexibility index (Phi) is 18.8. The fourth-order valence-corrected chi connectivity index (χ4v) is 10.1. The van der Waals surface area contributed by atoms with E-state index in [9.17, 15) is 33.6 Å². The first-order chi connectivity index (χ1) is 30.1. The number of hydrogen-bond acceptors (Lipinski definition) is 9. The summed E-state index contributed by atoms with van der Waals surface area (Å²) in [6, 6.07) is 7.63. The normalized spacial score (nSPS) is 27.0. The number of amides is 7. The summed E-state index contributed by atoms with van der Waals surface area (Å²) < 4.78 is 0. The second-order valence-electron chi connectivity index (χ2n) is 19.6. The molecule has 63 heavy (non-hydrogen) atoms. The zero-order valence-corrected chi connectivity index (χ0v) is 38.4. The van der Waals surface area contributed by atoms with E-state index in [1.807, 2.05) is 65.0 Å². The Hall–Kier alpha value is -4.57. The van der Waals surface area contributed by atoms with Crippen molar-refractivity contribution < 1.29 is 33.6 Å². The van der Waals surface area contributed by atoms with Gasteiger partial charge in [-0.25, -0.2) is 0 Å². The molecule has 4 aliphatic rings. The lowest BCUT2D eigenvalue weighted by molar-refractivity contribution is -0.130. The molecule has 1 aromatic rings. The van der Waals surface area contributed by atoms with Crippen LogP contribution < -0.4 is 47.9 Å². The van der Waals surface area contributed by atoms with Crippen LogP contribution in [-0.4, -0.2) is 110 Å². The average molecular weight is 878 g/mol. The van der Waals surface area contributed by atoms with Gasteiger partial charge in [0.15, 0.2) is 0 Å². The van der Waals surface area contributed by atoms with Gasteiger partial charge in [0, 0.05) is 76.2 Å². The van der Waals surface area contributed by atoms with E-state index in [4.69, 9.17) is 0 Å². The van der Waals surface area contributed by atoms with Gasteiger partial charge in [0.05, 0.1) is 35.8 Å². The van der Waals surface area contributed by atoms with Crippen molar-refractivity contribution in [3.05, 3.63) is 35.9 Å². The maximum Gasteiger partial charge on any atom is 0.226 e. The lowest BCUT2D eigenvalue weighted by atomic mass is 9.96. The minimum atomic E-state index is -0.534. The van der Waals surface area contributed by atoms with E-state index in [1.54, 1.807) is 0 Å². The molecule has 0 spiro atoms. The smallest absolute Gasteiger partial charge is 0.226 e. The quantitative estimate of drug-likeness (QED) is 0.0873. The van der Waals surface area contributed by atoms with Crippen molar-refractivity contribution in [2.45, 2.75) is 154 Å². The maximum atomic E-state index is 13.9. The monoisotopic (exact) mass is 878 g/mol. The van der Waals surface area contributed by atoms with Crippen LogP contribution in [0.5, 0.6) is 0 Å². The molecule has 11 atom stereocenters. The minimum Gasteiger partial charge on any atom is -0.353 e. The van der Waals surface area contributed by atoms with Crippen molar-refractivity contribution in [2.24, 2.45) is 35.5 Å². The first-order valence-corrected chi connectivity index (χ1v) is 23.6. The van der Waals surface area contributed by atoms with Crippen LogP contribution in [0.4, 0.5) is 0 Å². The summed E-state index contributed by atoms with van der Waals surface area (Å²) in [5.74, 6) is -2.68. The molecule has 350 valence electrons. The summed E-state index contributed by atoms with van der Waals surface area (Å²) in [5.41, 5.74) is 1.13. The first-order valence-electron chi connectivity index (χ1n) is 23.6. The fourth-order valence-electron chi connectivity index (χ4n) is 10.1. The van der Waals surface area contributed by atoms with Crippen LogP contribution in [0.25, 0.3) is 0 Å². The molecule has 0 aromatic heterocycles. The van der Waals surface area contributed by atoms with Crippen molar-refractivity contribution in [1.82, 2.24) is 47.9 Å².